The standard InChI is InChI=1S/C23H27ClO2S.ClH/c1-15-11-12-27-22(15)21(20-10-9-19(24)13-16(20)2)8-4-6-17-5-3-7-18(14-17)23(25)26;/h8-13,17-18H,3-7,14H2,1-2H3,(H,25,26);1H/b21-8-;/t17?,18-;/m0./s1. The van der Waals surface area contributed by atoms with Gasteiger partial charge in [-0.1, -0.05) is 36.6 Å². The Morgan fingerprint density at radius 1 is 1.25 bits per heavy atom. The van der Waals surface area contributed by atoms with E-state index in [1.807, 2.05) is 12.1 Å². The summed E-state index contributed by atoms with van der Waals surface area (Å²) >= 11 is 7.93. The molecular formula is C23H28Cl2O2S. The summed E-state index contributed by atoms with van der Waals surface area (Å²) in [5, 5.41) is 12.2. The molecular weight excluding hydrogens is 411 g/mol. The van der Waals surface area contributed by atoms with Gasteiger partial charge in [-0.3, -0.25) is 4.79 Å². The quantitative estimate of drug-likeness (QED) is 0.505. The minimum atomic E-state index is -0.623. The number of aryl methyl sites for hydroxylation is 2. The molecule has 1 aliphatic carbocycles. The van der Waals surface area contributed by atoms with E-state index in [0.717, 1.165) is 43.5 Å². The lowest BCUT2D eigenvalue weighted by Gasteiger charge is -2.26. The van der Waals surface area contributed by atoms with Gasteiger partial charge in [-0.25, -0.2) is 0 Å². The molecule has 0 aliphatic heterocycles. The second-order valence-electron chi connectivity index (χ2n) is 7.65. The van der Waals surface area contributed by atoms with Gasteiger partial charge < -0.3 is 5.11 Å². The van der Waals surface area contributed by atoms with Gasteiger partial charge in [-0.15, -0.1) is 23.7 Å². The maximum atomic E-state index is 11.3. The van der Waals surface area contributed by atoms with E-state index in [-0.39, 0.29) is 18.3 Å². The van der Waals surface area contributed by atoms with Gasteiger partial charge in [0.2, 0.25) is 0 Å². The molecule has 1 N–H and O–H groups in total. The van der Waals surface area contributed by atoms with E-state index >= 15 is 0 Å². The van der Waals surface area contributed by atoms with Crippen molar-refractivity contribution in [2.24, 2.45) is 11.8 Å². The zero-order valence-corrected chi connectivity index (χ0v) is 18.8. The summed E-state index contributed by atoms with van der Waals surface area (Å²) in [6.07, 6.45) is 8.25. The summed E-state index contributed by atoms with van der Waals surface area (Å²) in [5.74, 6) is -0.250. The van der Waals surface area contributed by atoms with Crippen LogP contribution in [0.25, 0.3) is 5.57 Å². The van der Waals surface area contributed by atoms with Crippen molar-refractivity contribution < 1.29 is 9.90 Å². The molecule has 1 saturated carbocycles. The number of hydrogen-bond acceptors (Lipinski definition) is 2. The number of benzene rings is 1. The van der Waals surface area contributed by atoms with Crippen LogP contribution in [0.4, 0.5) is 0 Å². The third-order valence-electron chi connectivity index (χ3n) is 5.64. The Labute approximate surface area is 183 Å². The van der Waals surface area contributed by atoms with Gasteiger partial charge in [0.05, 0.1) is 5.92 Å². The molecule has 1 heterocycles. The zero-order valence-electron chi connectivity index (χ0n) is 16.4. The van der Waals surface area contributed by atoms with Gasteiger partial charge in [0, 0.05) is 9.90 Å². The maximum Gasteiger partial charge on any atom is 0.306 e. The predicted molar refractivity (Wildman–Crippen MR) is 122 cm³/mol. The van der Waals surface area contributed by atoms with E-state index in [1.165, 1.54) is 27.1 Å². The molecule has 0 radical (unpaired) electrons. The topological polar surface area (TPSA) is 37.3 Å². The van der Waals surface area contributed by atoms with E-state index in [9.17, 15) is 9.90 Å². The van der Waals surface area contributed by atoms with Gasteiger partial charge in [-0.2, -0.15) is 0 Å². The summed E-state index contributed by atoms with van der Waals surface area (Å²) in [6, 6.07) is 8.26. The number of carbonyl (C=O) groups is 1. The fourth-order valence-electron chi connectivity index (χ4n) is 4.14. The van der Waals surface area contributed by atoms with E-state index in [1.54, 1.807) is 11.3 Å². The first-order valence-electron chi connectivity index (χ1n) is 9.69. The monoisotopic (exact) mass is 438 g/mol. The number of carboxylic acids is 1. The smallest absolute Gasteiger partial charge is 0.306 e. The lowest BCUT2D eigenvalue weighted by Crippen LogP contribution is -2.22. The third-order valence-corrected chi connectivity index (χ3v) is 6.93. The number of thiophene rings is 1. The van der Waals surface area contributed by atoms with Crippen LogP contribution in [-0.4, -0.2) is 11.1 Å². The molecule has 1 aliphatic rings. The summed E-state index contributed by atoms with van der Waals surface area (Å²) in [6.45, 7) is 4.26. The highest BCUT2D eigenvalue weighted by Crippen LogP contribution is 2.36. The van der Waals surface area contributed by atoms with Gasteiger partial charge in [0.15, 0.2) is 0 Å². The van der Waals surface area contributed by atoms with Crippen molar-refractivity contribution in [3.63, 3.8) is 0 Å². The van der Waals surface area contributed by atoms with Crippen LogP contribution >= 0.6 is 35.3 Å². The van der Waals surface area contributed by atoms with Crippen LogP contribution in [0.5, 0.6) is 0 Å². The Bertz CT molecular complexity index is 841. The maximum absolute atomic E-state index is 11.3. The van der Waals surface area contributed by atoms with Crippen molar-refractivity contribution in [1.29, 1.82) is 0 Å². The first-order valence-corrected chi connectivity index (χ1v) is 11.0. The highest BCUT2D eigenvalue weighted by molar-refractivity contribution is 7.11. The molecule has 1 unspecified atom stereocenters. The van der Waals surface area contributed by atoms with Gasteiger partial charge in [0.25, 0.3) is 0 Å². The van der Waals surface area contributed by atoms with Crippen LogP contribution in [0.1, 0.15) is 60.1 Å². The Morgan fingerprint density at radius 3 is 2.68 bits per heavy atom. The Hall–Kier alpha value is -1.29. The molecule has 1 aromatic heterocycles. The van der Waals surface area contributed by atoms with Gasteiger partial charge >= 0.3 is 5.97 Å². The molecule has 28 heavy (non-hydrogen) atoms. The Kier molecular flexibility index (Phi) is 8.60. The molecule has 1 fully saturated rings. The van der Waals surface area contributed by atoms with Crippen LogP contribution < -0.4 is 0 Å². The highest BCUT2D eigenvalue weighted by atomic mass is 35.5. The number of halogens is 2. The van der Waals surface area contributed by atoms with Crippen molar-refractivity contribution in [1.82, 2.24) is 0 Å². The molecule has 5 heteroatoms. The summed E-state index contributed by atoms with van der Waals surface area (Å²) < 4.78 is 0. The predicted octanol–water partition coefficient (Wildman–Crippen LogP) is 7.54. The van der Waals surface area contributed by atoms with E-state index in [4.69, 9.17) is 11.6 Å². The van der Waals surface area contributed by atoms with Crippen molar-refractivity contribution in [2.75, 3.05) is 0 Å². The van der Waals surface area contributed by atoms with Crippen molar-refractivity contribution in [2.45, 2.75) is 52.4 Å². The lowest BCUT2D eigenvalue weighted by molar-refractivity contribution is -0.143. The van der Waals surface area contributed by atoms with Crippen LogP contribution in [0, 0.1) is 25.7 Å². The second-order valence-corrected chi connectivity index (χ2v) is 9.01. The first-order chi connectivity index (χ1) is 13.0. The number of allylic oxidation sites excluding steroid dienone is 1. The SMILES string of the molecule is Cc1cc(Cl)ccc1/C(=C/CCC1CCC[C@H](C(=O)O)C1)c1sccc1C.Cl. The van der Waals surface area contributed by atoms with Crippen LogP contribution in [0.3, 0.4) is 0 Å². The molecule has 2 atom stereocenters. The average molecular weight is 439 g/mol. The summed E-state index contributed by atoms with van der Waals surface area (Å²) in [7, 11) is 0. The van der Waals surface area contributed by atoms with Gasteiger partial charge in [0.1, 0.15) is 0 Å². The molecule has 0 saturated heterocycles. The molecule has 2 aromatic rings. The number of carboxylic acid groups (broad SMARTS) is 1. The number of rotatable bonds is 6. The fourth-order valence-corrected chi connectivity index (χ4v) is 5.35. The number of aliphatic carboxylic acids is 1. The zero-order chi connectivity index (χ0) is 19.4. The van der Waals surface area contributed by atoms with E-state index < -0.39 is 5.97 Å². The summed E-state index contributed by atoms with van der Waals surface area (Å²) in [5.41, 5.74) is 4.99. The lowest BCUT2D eigenvalue weighted by atomic mass is 9.79. The molecule has 0 bridgehead atoms. The Morgan fingerprint density at radius 2 is 2.04 bits per heavy atom. The molecule has 0 spiro atoms. The summed E-state index contributed by atoms with van der Waals surface area (Å²) in [4.78, 5) is 12.6. The van der Waals surface area contributed by atoms with Crippen LogP contribution in [0.15, 0.2) is 35.7 Å². The van der Waals surface area contributed by atoms with E-state index in [0.29, 0.717) is 5.92 Å². The molecule has 152 valence electrons. The average Bonchev–Trinajstić information content (AvgIpc) is 3.05. The largest absolute Gasteiger partial charge is 0.481 e. The van der Waals surface area contributed by atoms with Crippen molar-refractivity contribution in [3.05, 3.63) is 62.3 Å². The minimum Gasteiger partial charge on any atom is -0.481 e. The highest BCUT2D eigenvalue weighted by Gasteiger charge is 2.26. The van der Waals surface area contributed by atoms with E-state index in [2.05, 4.69) is 37.4 Å². The molecule has 3 rings (SSSR count). The van der Waals surface area contributed by atoms with Crippen LogP contribution in [0.2, 0.25) is 5.02 Å². The molecule has 1 aromatic carbocycles. The van der Waals surface area contributed by atoms with Crippen LogP contribution in [-0.2, 0) is 4.79 Å². The molecule has 0 amide bonds. The number of hydrogen-bond donors (Lipinski definition) is 1. The fraction of sp³-hybridized carbons (Fsp3) is 0.435. The van der Waals surface area contributed by atoms with Crippen molar-refractivity contribution in [3.8, 4) is 0 Å². The van der Waals surface area contributed by atoms with Gasteiger partial charge in [-0.05, 0) is 91.3 Å². The minimum absolute atomic E-state index is 0. The Balaban J connectivity index is 0.00000280. The third kappa shape index (κ3) is 5.62. The van der Waals surface area contributed by atoms with Crippen molar-refractivity contribution >= 4 is 46.9 Å². The normalized spacial score (nSPS) is 19.9. The first kappa shape index (κ1) is 23.0. The molecule has 2 nitrogen and oxygen atoms in total. The second kappa shape index (κ2) is 10.5.